The van der Waals surface area contributed by atoms with Crippen LogP contribution in [0.5, 0.6) is 0 Å². The lowest BCUT2D eigenvalue weighted by Gasteiger charge is -2.19. The summed E-state index contributed by atoms with van der Waals surface area (Å²) in [5, 5.41) is 6.00. The van der Waals surface area contributed by atoms with Crippen molar-refractivity contribution < 1.29 is 14.3 Å². The van der Waals surface area contributed by atoms with Gasteiger partial charge in [0, 0.05) is 13.1 Å². The maximum Gasteiger partial charge on any atom is 0.407 e. The Kier molecular flexibility index (Phi) is 7.18. The van der Waals surface area contributed by atoms with Crippen molar-refractivity contribution in [2.24, 2.45) is 0 Å². The summed E-state index contributed by atoms with van der Waals surface area (Å²) < 4.78 is 10.4. The molecule has 0 aliphatic carbocycles. The third-order valence-electron chi connectivity index (χ3n) is 2.09. The van der Waals surface area contributed by atoms with Gasteiger partial charge in [0.25, 0.3) is 0 Å². The quantitative estimate of drug-likeness (QED) is 0.749. The van der Waals surface area contributed by atoms with Crippen molar-refractivity contribution in [3.63, 3.8) is 0 Å². The Morgan fingerprint density at radius 2 is 1.95 bits per heavy atom. The first-order valence-electron chi connectivity index (χ1n) is 6.63. The van der Waals surface area contributed by atoms with Gasteiger partial charge in [0.1, 0.15) is 16.6 Å². The molecule has 1 amide bonds. The van der Waals surface area contributed by atoms with Crippen molar-refractivity contribution in [3.05, 3.63) is 17.5 Å². The van der Waals surface area contributed by atoms with E-state index >= 15 is 0 Å². The monoisotopic (exact) mass is 316 g/mol. The SMILES string of the molecule is CC(C)(C)OC(=O)NCCOCCNc1cnc(Cl)cn1. The van der Waals surface area contributed by atoms with Crippen LogP contribution in [0.15, 0.2) is 12.4 Å². The summed E-state index contributed by atoms with van der Waals surface area (Å²) in [5.41, 5.74) is -0.492. The highest BCUT2D eigenvalue weighted by molar-refractivity contribution is 6.29. The van der Waals surface area contributed by atoms with Gasteiger partial charge in [-0.1, -0.05) is 11.6 Å². The molecule has 118 valence electrons. The second-order valence-corrected chi connectivity index (χ2v) is 5.58. The topological polar surface area (TPSA) is 85.4 Å². The number of aromatic nitrogens is 2. The molecule has 0 saturated heterocycles. The van der Waals surface area contributed by atoms with Crippen LogP contribution in [-0.2, 0) is 9.47 Å². The Bertz CT molecular complexity index is 434. The minimum Gasteiger partial charge on any atom is -0.444 e. The Balaban J connectivity index is 2.00. The van der Waals surface area contributed by atoms with Gasteiger partial charge in [-0.05, 0) is 20.8 Å². The summed E-state index contributed by atoms with van der Waals surface area (Å²) in [6.45, 7) is 7.32. The second-order valence-electron chi connectivity index (χ2n) is 5.19. The van der Waals surface area contributed by atoms with Crippen molar-refractivity contribution in [2.45, 2.75) is 26.4 Å². The number of amides is 1. The molecule has 2 N–H and O–H groups in total. The number of hydrogen-bond acceptors (Lipinski definition) is 6. The van der Waals surface area contributed by atoms with E-state index in [0.717, 1.165) is 0 Å². The first-order valence-corrected chi connectivity index (χ1v) is 7.00. The molecule has 8 heteroatoms. The molecule has 0 unspecified atom stereocenters. The molecular weight excluding hydrogens is 296 g/mol. The third kappa shape index (κ3) is 9.04. The van der Waals surface area contributed by atoms with Gasteiger partial charge < -0.3 is 20.1 Å². The Hall–Kier alpha value is -1.60. The van der Waals surface area contributed by atoms with Crippen LogP contribution in [-0.4, -0.2) is 48.0 Å². The molecule has 0 fully saturated rings. The normalized spacial score (nSPS) is 11.0. The van der Waals surface area contributed by atoms with Gasteiger partial charge in [0.05, 0.1) is 25.6 Å². The molecule has 7 nitrogen and oxygen atoms in total. The molecule has 0 aliphatic rings. The van der Waals surface area contributed by atoms with E-state index in [0.29, 0.717) is 37.3 Å². The average Bonchev–Trinajstić information content (AvgIpc) is 2.37. The number of hydrogen-bond donors (Lipinski definition) is 2. The molecule has 0 atom stereocenters. The smallest absolute Gasteiger partial charge is 0.407 e. The molecule has 1 aromatic rings. The Morgan fingerprint density at radius 3 is 2.57 bits per heavy atom. The van der Waals surface area contributed by atoms with Gasteiger partial charge in [0.15, 0.2) is 0 Å². The minimum absolute atomic E-state index is 0.352. The highest BCUT2D eigenvalue weighted by Crippen LogP contribution is 2.06. The lowest BCUT2D eigenvalue weighted by Crippen LogP contribution is -2.34. The highest BCUT2D eigenvalue weighted by atomic mass is 35.5. The van der Waals surface area contributed by atoms with Crippen molar-refractivity contribution >= 4 is 23.5 Å². The Labute approximate surface area is 129 Å². The molecule has 1 heterocycles. The van der Waals surface area contributed by atoms with Crippen LogP contribution in [0, 0.1) is 0 Å². The zero-order valence-electron chi connectivity index (χ0n) is 12.5. The molecule has 0 radical (unpaired) electrons. The van der Waals surface area contributed by atoms with E-state index in [2.05, 4.69) is 20.6 Å². The summed E-state index contributed by atoms with van der Waals surface area (Å²) in [6.07, 6.45) is 2.57. The van der Waals surface area contributed by atoms with E-state index in [-0.39, 0.29) is 0 Å². The summed E-state index contributed by atoms with van der Waals surface area (Å²) in [7, 11) is 0. The molecule has 1 aromatic heterocycles. The molecule has 0 saturated carbocycles. The van der Waals surface area contributed by atoms with E-state index < -0.39 is 11.7 Å². The first-order chi connectivity index (χ1) is 9.87. The van der Waals surface area contributed by atoms with Gasteiger partial charge in [-0.3, -0.25) is 0 Å². The number of alkyl carbamates (subject to hydrolysis) is 1. The molecule has 0 aromatic carbocycles. The van der Waals surface area contributed by atoms with Crippen LogP contribution in [0.3, 0.4) is 0 Å². The minimum atomic E-state index is -0.492. The number of halogens is 1. The summed E-state index contributed by atoms with van der Waals surface area (Å²) in [6, 6.07) is 0. The van der Waals surface area contributed by atoms with Gasteiger partial charge in [-0.25, -0.2) is 14.8 Å². The van der Waals surface area contributed by atoms with Gasteiger partial charge in [-0.2, -0.15) is 0 Å². The van der Waals surface area contributed by atoms with Gasteiger partial charge in [0.2, 0.25) is 0 Å². The van der Waals surface area contributed by atoms with Gasteiger partial charge >= 0.3 is 6.09 Å². The molecule has 0 aliphatic heterocycles. The van der Waals surface area contributed by atoms with Crippen molar-refractivity contribution in [2.75, 3.05) is 31.6 Å². The maximum absolute atomic E-state index is 11.3. The highest BCUT2D eigenvalue weighted by Gasteiger charge is 2.15. The fourth-order valence-electron chi connectivity index (χ4n) is 1.30. The zero-order valence-corrected chi connectivity index (χ0v) is 13.2. The lowest BCUT2D eigenvalue weighted by atomic mass is 10.2. The fourth-order valence-corrected chi connectivity index (χ4v) is 1.39. The number of anilines is 1. The molecule has 1 rings (SSSR count). The number of carbonyl (C=O) groups is 1. The number of rotatable bonds is 7. The van der Waals surface area contributed by atoms with Crippen LogP contribution < -0.4 is 10.6 Å². The number of nitrogens with zero attached hydrogens (tertiary/aromatic N) is 2. The number of nitrogens with one attached hydrogen (secondary N) is 2. The third-order valence-corrected chi connectivity index (χ3v) is 2.28. The van der Waals surface area contributed by atoms with Crippen LogP contribution in [0.4, 0.5) is 10.6 Å². The zero-order chi connectivity index (χ0) is 15.7. The van der Waals surface area contributed by atoms with Gasteiger partial charge in [-0.15, -0.1) is 0 Å². The molecule has 0 spiro atoms. The van der Waals surface area contributed by atoms with E-state index in [4.69, 9.17) is 21.1 Å². The van der Waals surface area contributed by atoms with E-state index in [9.17, 15) is 4.79 Å². The average molecular weight is 317 g/mol. The summed E-state index contributed by atoms with van der Waals surface area (Å²) in [5.74, 6) is 0.634. The fraction of sp³-hybridized carbons (Fsp3) is 0.615. The van der Waals surface area contributed by atoms with E-state index in [1.165, 1.54) is 6.20 Å². The van der Waals surface area contributed by atoms with E-state index in [1.807, 2.05) is 20.8 Å². The predicted octanol–water partition coefficient (Wildman–Crippen LogP) is 2.08. The predicted molar refractivity (Wildman–Crippen MR) is 80.6 cm³/mol. The molecule has 21 heavy (non-hydrogen) atoms. The van der Waals surface area contributed by atoms with Crippen LogP contribution in [0.25, 0.3) is 0 Å². The molecule has 0 bridgehead atoms. The molecular formula is C13H21ClN4O3. The number of carbonyl (C=O) groups excluding carboxylic acids is 1. The first kappa shape index (κ1) is 17.5. The number of ether oxygens (including phenoxy) is 2. The standard InChI is InChI=1S/C13H21ClN4O3/c1-13(2,3)21-12(19)16-5-7-20-6-4-15-11-9-17-10(14)8-18-11/h8-9H,4-7H2,1-3H3,(H,15,18)(H,16,19). The summed E-state index contributed by atoms with van der Waals surface area (Å²) in [4.78, 5) is 19.3. The van der Waals surface area contributed by atoms with Crippen LogP contribution >= 0.6 is 11.6 Å². The van der Waals surface area contributed by atoms with Crippen LogP contribution in [0.2, 0.25) is 5.15 Å². The lowest BCUT2D eigenvalue weighted by molar-refractivity contribution is 0.0502. The van der Waals surface area contributed by atoms with Crippen LogP contribution in [0.1, 0.15) is 20.8 Å². The second kappa shape index (κ2) is 8.63. The largest absolute Gasteiger partial charge is 0.444 e. The van der Waals surface area contributed by atoms with Crippen molar-refractivity contribution in [1.82, 2.24) is 15.3 Å². The maximum atomic E-state index is 11.3. The summed E-state index contributed by atoms with van der Waals surface area (Å²) >= 11 is 5.62. The van der Waals surface area contributed by atoms with E-state index in [1.54, 1.807) is 6.20 Å². The van der Waals surface area contributed by atoms with Crippen molar-refractivity contribution in [1.29, 1.82) is 0 Å². The Morgan fingerprint density at radius 1 is 1.24 bits per heavy atom. The van der Waals surface area contributed by atoms with Crippen molar-refractivity contribution in [3.8, 4) is 0 Å².